The van der Waals surface area contributed by atoms with Crippen molar-refractivity contribution in [3.8, 4) is 0 Å². The third-order valence-electron chi connectivity index (χ3n) is 4.59. The summed E-state index contributed by atoms with van der Waals surface area (Å²) in [6.07, 6.45) is 0. The number of rotatable bonds is 5. The first kappa shape index (κ1) is 18.0. The zero-order chi connectivity index (χ0) is 17.0. The van der Waals surface area contributed by atoms with Gasteiger partial charge in [0.25, 0.3) is 0 Å². The van der Waals surface area contributed by atoms with E-state index in [9.17, 15) is 8.42 Å². The minimum absolute atomic E-state index is 0.293. The predicted molar refractivity (Wildman–Crippen MR) is 102 cm³/mol. The average Bonchev–Trinajstić information content (AvgIpc) is 2.58. The van der Waals surface area contributed by atoms with Gasteiger partial charge in [0.15, 0.2) is 9.84 Å². The normalized spacial score (nSPS) is 21.8. The van der Waals surface area contributed by atoms with Crippen molar-refractivity contribution < 1.29 is 8.42 Å². The summed E-state index contributed by atoms with van der Waals surface area (Å²) in [5.74, 6) is 1.65. The second-order valence-electron chi connectivity index (χ2n) is 6.43. The topological polar surface area (TPSA) is 52.7 Å². The van der Waals surface area contributed by atoms with Crippen molar-refractivity contribution in [3.63, 3.8) is 0 Å². The molecule has 0 saturated carbocycles. The maximum absolute atomic E-state index is 11.6. The van der Waals surface area contributed by atoms with Gasteiger partial charge in [0.2, 0.25) is 0 Å². The smallest absolute Gasteiger partial charge is 0.152 e. The first-order valence-electron chi connectivity index (χ1n) is 8.71. The van der Waals surface area contributed by atoms with E-state index in [4.69, 9.17) is 0 Å². The predicted octanol–water partition coefficient (Wildman–Crippen LogP) is 1.44. The Morgan fingerprint density at radius 2 is 1.79 bits per heavy atom. The van der Waals surface area contributed by atoms with Crippen molar-refractivity contribution in [2.75, 3.05) is 61.4 Å². The molecule has 0 unspecified atom stereocenters. The van der Waals surface area contributed by atoms with Crippen LogP contribution in [0.3, 0.4) is 0 Å². The molecule has 2 heterocycles. The molecule has 0 radical (unpaired) electrons. The van der Waals surface area contributed by atoms with Gasteiger partial charge in [-0.05, 0) is 29.5 Å². The third-order valence-corrected chi connectivity index (χ3v) is 7.05. The minimum atomic E-state index is -2.81. The van der Waals surface area contributed by atoms with Crippen LogP contribution in [0.15, 0.2) is 23.1 Å². The highest BCUT2D eigenvalue weighted by molar-refractivity contribution is 7.99. The Morgan fingerprint density at radius 1 is 1.08 bits per heavy atom. The average molecular weight is 370 g/mol. The summed E-state index contributed by atoms with van der Waals surface area (Å²) in [4.78, 5) is 6.02. The Kier molecular flexibility index (Phi) is 6.07. The molecule has 0 aliphatic carbocycles. The maximum Gasteiger partial charge on any atom is 0.152 e. The minimum Gasteiger partial charge on any atom is -0.369 e. The first-order valence-corrected chi connectivity index (χ1v) is 11.5. The molecule has 0 amide bonds. The third kappa shape index (κ3) is 4.88. The fourth-order valence-corrected chi connectivity index (χ4v) is 5.31. The van der Waals surface area contributed by atoms with Gasteiger partial charge in [-0.3, -0.25) is 4.90 Å². The largest absolute Gasteiger partial charge is 0.369 e. The van der Waals surface area contributed by atoms with Crippen LogP contribution in [0.25, 0.3) is 0 Å². The van der Waals surface area contributed by atoms with Gasteiger partial charge in [0.1, 0.15) is 0 Å². The van der Waals surface area contributed by atoms with Gasteiger partial charge in [-0.2, -0.15) is 0 Å². The SMILES string of the molecule is CCSc1cc(CN2CCS(=O)(=O)CC2)cc(N2CCNCC2)c1. The number of hydrogen-bond donors (Lipinski definition) is 1. The van der Waals surface area contributed by atoms with Crippen LogP contribution in [-0.4, -0.2) is 69.8 Å². The molecule has 2 aliphatic heterocycles. The van der Waals surface area contributed by atoms with Gasteiger partial charge in [0, 0.05) is 56.4 Å². The van der Waals surface area contributed by atoms with E-state index in [1.54, 1.807) is 0 Å². The zero-order valence-electron chi connectivity index (χ0n) is 14.3. The second-order valence-corrected chi connectivity index (χ2v) is 10.1. The van der Waals surface area contributed by atoms with Crippen molar-refractivity contribution in [3.05, 3.63) is 23.8 Å². The number of hydrogen-bond acceptors (Lipinski definition) is 6. The molecule has 2 fully saturated rings. The van der Waals surface area contributed by atoms with Crippen molar-refractivity contribution in [2.24, 2.45) is 0 Å². The van der Waals surface area contributed by atoms with Crippen molar-refractivity contribution in [2.45, 2.75) is 18.4 Å². The van der Waals surface area contributed by atoms with Crippen molar-refractivity contribution >= 4 is 27.3 Å². The summed E-state index contributed by atoms with van der Waals surface area (Å²) >= 11 is 1.87. The molecule has 3 rings (SSSR count). The van der Waals surface area contributed by atoms with E-state index in [0.717, 1.165) is 38.5 Å². The molecule has 134 valence electrons. The van der Waals surface area contributed by atoms with Crippen LogP contribution in [-0.2, 0) is 16.4 Å². The second kappa shape index (κ2) is 8.08. The number of nitrogens with one attached hydrogen (secondary N) is 1. The summed E-state index contributed by atoms with van der Waals surface area (Å²) in [7, 11) is -2.81. The Labute approximate surface area is 149 Å². The van der Waals surface area contributed by atoms with Crippen LogP contribution in [0, 0.1) is 0 Å². The number of anilines is 1. The molecule has 0 aromatic heterocycles. The van der Waals surface area contributed by atoms with E-state index >= 15 is 0 Å². The molecule has 1 N–H and O–H groups in total. The van der Waals surface area contributed by atoms with E-state index in [1.807, 2.05) is 11.8 Å². The highest BCUT2D eigenvalue weighted by Crippen LogP contribution is 2.27. The fraction of sp³-hybridized carbons (Fsp3) is 0.647. The number of piperazine rings is 1. The molecular formula is C17H27N3O2S2. The lowest BCUT2D eigenvalue weighted by molar-refractivity contribution is 0.287. The molecule has 7 heteroatoms. The monoisotopic (exact) mass is 369 g/mol. The lowest BCUT2D eigenvalue weighted by Gasteiger charge is -2.31. The van der Waals surface area contributed by atoms with E-state index in [2.05, 4.69) is 40.2 Å². The molecule has 0 spiro atoms. The van der Waals surface area contributed by atoms with E-state index in [-0.39, 0.29) is 0 Å². The summed E-state index contributed by atoms with van der Waals surface area (Å²) in [6, 6.07) is 6.85. The van der Waals surface area contributed by atoms with Gasteiger partial charge in [-0.1, -0.05) is 6.92 Å². The molecule has 0 atom stereocenters. The van der Waals surface area contributed by atoms with Crippen LogP contribution in [0.2, 0.25) is 0 Å². The lowest BCUT2D eigenvalue weighted by Crippen LogP contribution is -2.43. The molecule has 24 heavy (non-hydrogen) atoms. The zero-order valence-corrected chi connectivity index (χ0v) is 16.0. The van der Waals surface area contributed by atoms with Crippen LogP contribution < -0.4 is 10.2 Å². The Hall–Kier alpha value is -0.760. The van der Waals surface area contributed by atoms with E-state index < -0.39 is 9.84 Å². The summed E-state index contributed by atoms with van der Waals surface area (Å²) < 4.78 is 23.2. The summed E-state index contributed by atoms with van der Waals surface area (Å²) in [5, 5.41) is 3.40. The first-order chi connectivity index (χ1) is 11.6. The Bertz CT molecular complexity index is 644. The van der Waals surface area contributed by atoms with Crippen LogP contribution >= 0.6 is 11.8 Å². The fourth-order valence-electron chi connectivity index (χ4n) is 3.26. The number of benzene rings is 1. The summed E-state index contributed by atoms with van der Waals surface area (Å²) in [6.45, 7) is 8.47. The number of sulfone groups is 1. The van der Waals surface area contributed by atoms with Crippen molar-refractivity contribution in [1.29, 1.82) is 0 Å². The van der Waals surface area contributed by atoms with E-state index in [1.165, 1.54) is 16.1 Å². The standard InChI is InChI=1S/C17H27N3O2S2/c1-2-23-17-12-15(14-19-7-9-24(21,22)10-8-19)11-16(13-17)20-5-3-18-4-6-20/h11-13,18H,2-10,14H2,1H3. The molecule has 0 bridgehead atoms. The Morgan fingerprint density at radius 3 is 2.46 bits per heavy atom. The van der Waals surface area contributed by atoms with Gasteiger partial charge < -0.3 is 10.2 Å². The molecule has 2 saturated heterocycles. The van der Waals surface area contributed by atoms with Crippen molar-refractivity contribution in [1.82, 2.24) is 10.2 Å². The van der Waals surface area contributed by atoms with Gasteiger partial charge in [-0.25, -0.2) is 8.42 Å². The highest BCUT2D eigenvalue weighted by atomic mass is 32.2. The maximum atomic E-state index is 11.6. The van der Waals surface area contributed by atoms with E-state index in [0.29, 0.717) is 24.6 Å². The molecule has 2 aliphatic rings. The molecule has 1 aromatic carbocycles. The summed E-state index contributed by atoms with van der Waals surface area (Å²) in [5.41, 5.74) is 2.59. The highest BCUT2D eigenvalue weighted by Gasteiger charge is 2.22. The van der Waals surface area contributed by atoms with Gasteiger partial charge in [0.05, 0.1) is 11.5 Å². The van der Waals surface area contributed by atoms with Crippen LogP contribution in [0.5, 0.6) is 0 Å². The Balaban J connectivity index is 1.74. The van der Waals surface area contributed by atoms with Crippen LogP contribution in [0.1, 0.15) is 12.5 Å². The number of thioether (sulfide) groups is 1. The number of nitrogens with zero attached hydrogens (tertiary/aromatic N) is 2. The van der Waals surface area contributed by atoms with Gasteiger partial charge in [-0.15, -0.1) is 11.8 Å². The molecular weight excluding hydrogens is 342 g/mol. The molecule has 1 aromatic rings. The van der Waals surface area contributed by atoms with Crippen LogP contribution in [0.4, 0.5) is 5.69 Å². The molecule has 5 nitrogen and oxygen atoms in total. The van der Waals surface area contributed by atoms with Gasteiger partial charge >= 0.3 is 0 Å². The lowest BCUT2D eigenvalue weighted by atomic mass is 10.1. The quantitative estimate of drug-likeness (QED) is 0.793.